The molecule has 0 aromatic heterocycles. The SMILES string of the molecule is COC(=O)[C@@H]1C(=O)NC(SCC(=O)Nc2ccc(C)c(C)c2)=C(C#N)[C@H]1c1ccccc1OC. The van der Waals surface area contributed by atoms with Gasteiger partial charge in [-0.05, 0) is 43.2 Å². The summed E-state index contributed by atoms with van der Waals surface area (Å²) in [5.41, 5.74) is 3.48. The molecule has 8 nitrogen and oxygen atoms in total. The van der Waals surface area contributed by atoms with Crippen molar-refractivity contribution in [3.05, 3.63) is 69.8 Å². The number of benzene rings is 2. The summed E-state index contributed by atoms with van der Waals surface area (Å²) >= 11 is 1.02. The van der Waals surface area contributed by atoms with Crippen molar-refractivity contribution in [1.29, 1.82) is 5.26 Å². The Kier molecular flexibility index (Phi) is 7.97. The third kappa shape index (κ3) is 5.24. The number of hydrogen-bond acceptors (Lipinski definition) is 7. The molecule has 2 aromatic carbocycles. The number of para-hydroxylation sites is 1. The lowest BCUT2D eigenvalue weighted by Gasteiger charge is -2.31. The first-order valence-electron chi connectivity index (χ1n) is 10.5. The van der Waals surface area contributed by atoms with Crippen molar-refractivity contribution in [3.8, 4) is 11.8 Å². The van der Waals surface area contributed by atoms with E-state index in [0.29, 0.717) is 17.0 Å². The molecule has 0 bridgehead atoms. The fourth-order valence-corrected chi connectivity index (χ4v) is 4.58. The van der Waals surface area contributed by atoms with Gasteiger partial charge in [0.15, 0.2) is 0 Å². The van der Waals surface area contributed by atoms with Gasteiger partial charge >= 0.3 is 5.97 Å². The first kappa shape index (κ1) is 24.9. The molecule has 34 heavy (non-hydrogen) atoms. The molecule has 0 spiro atoms. The van der Waals surface area contributed by atoms with Gasteiger partial charge in [0.25, 0.3) is 0 Å². The summed E-state index contributed by atoms with van der Waals surface area (Å²) in [6, 6.07) is 14.6. The van der Waals surface area contributed by atoms with E-state index < -0.39 is 23.7 Å². The van der Waals surface area contributed by atoms with E-state index in [4.69, 9.17) is 9.47 Å². The Bertz CT molecular complexity index is 1200. The van der Waals surface area contributed by atoms with Gasteiger partial charge in [-0.2, -0.15) is 5.26 Å². The molecule has 2 amide bonds. The molecule has 2 atom stereocenters. The first-order chi connectivity index (χ1) is 16.3. The van der Waals surface area contributed by atoms with E-state index in [0.717, 1.165) is 22.9 Å². The summed E-state index contributed by atoms with van der Waals surface area (Å²) in [6.45, 7) is 3.94. The number of methoxy groups -OCH3 is 2. The number of esters is 1. The van der Waals surface area contributed by atoms with E-state index in [1.807, 2.05) is 32.0 Å². The highest BCUT2D eigenvalue weighted by Gasteiger charge is 2.45. The molecule has 2 aromatic rings. The van der Waals surface area contributed by atoms with Crippen molar-refractivity contribution in [2.24, 2.45) is 5.92 Å². The predicted octanol–water partition coefficient (Wildman–Crippen LogP) is 3.42. The van der Waals surface area contributed by atoms with Crippen LogP contribution in [-0.2, 0) is 19.1 Å². The highest BCUT2D eigenvalue weighted by atomic mass is 32.2. The number of rotatable bonds is 7. The molecule has 2 N–H and O–H groups in total. The number of allylic oxidation sites excluding steroid dienone is 1. The van der Waals surface area contributed by atoms with Crippen LogP contribution in [0.15, 0.2) is 53.1 Å². The van der Waals surface area contributed by atoms with Crippen molar-refractivity contribution in [1.82, 2.24) is 5.32 Å². The molecular formula is C25H25N3O5S. The topological polar surface area (TPSA) is 118 Å². The van der Waals surface area contributed by atoms with E-state index in [1.54, 1.807) is 24.3 Å². The lowest BCUT2D eigenvalue weighted by Crippen LogP contribution is -2.44. The highest BCUT2D eigenvalue weighted by Crippen LogP contribution is 2.43. The number of nitrogens with zero attached hydrogens (tertiary/aromatic N) is 1. The van der Waals surface area contributed by atoms with Crippen LogP contribution >= 0.6 is 11.8 Å². The van der Waals surface area contributed by atoms with Crippen LogP contribution in [0, 0.1) is 31.1 Å². The lowest BCUT2D eigenvalue weighted by molar-refractivity contribution is -0.150. The zero-order chi connectivity index (χ0) is 24.8. The molecule has 0 saturated heterocycles. The van der Waals surface area contributed by atoms with Crippen molar-refractivity contribution < 1.29 is 23.9 Å². The number of ether oxygens (including phenoxy) is 2. The summed E-state index contributed by atoms with van der Waals surface area (Å²) in [4.78, 5) is 38.0. The number of carbonyl (C=O) groups excluding carboxylic acids is 3. The number of nitriles is 1. The smallest absolute Gasteiger partial charge is 0.319 e. The van der Waals surface area contributed by atoms with Gasteiger partial charge in [0.1, 0.15) is 11.7 Å². The summed E-state index contributed by atoms with van der Waals surface area (Å²) in [6.07, 6.45) is 0. The van der Waals surface area contributed by atoms with E-state index in [-0.39, 0.29) is 22.3 Å². The Balaban J connectivity index is 1.92. The van der Waals surface area contributed by atoms with Crippen molar-refractivity contribution in [3.63, 3.8) is 0 Å². The molecule has 3 rings (SSSR count). The normalized spacial score (nSPS) is 17.4. The molecule has 1 aliphatic heterocycles. The van der Waals surface area contributed by atoms with Gasteiger partial charge in [0, 0.05) is 17.2 Å². The summed E-state index contributed by atoms with van der Waals surface area (Å²) in [5.74, 6) is -3.49. The first-order valence-corrected chi connectivity index (χ1v) is 11.4. The third-order valence-electron chi connectivity index (χ3n) is 5.60. The van der Waals surface area contributed by atoms with Gasteiger partial charge in [-0.25, -0.2) is 0 Å². The van der Waals surface area contributed by atoms with Gasteiger partial charge in [0.2, 0.25) is 11.8 Å². The van der Waals surface area contributed by atoms with Crippen LogP contribution in [0.4, 0.5) is 5.69 Å². The fraction of sp³-hybridized carbons (Fsp3) is 0.280. The Morgan fingerprint density at radius 3 is 2.53 bits per heavy atom. The van der Waals surface area contributed by atoms with Crippen molar-refractivity contribution in [2.75, 3.05) is 25.3 Å². The average Bonchev–Trinajstić information content (AvgIpc) is 2.84. The summed E-state index contributed by atoms with van der Waals surface area (Å²) in [7, 11) is 2.66. The number of carbonyl (C=O) groups is 3. The quantitative estimate of drug-likeness (QED) is 0.461. The van der Waals surface area contributed by atoms with Gasteiger partial charge < -0.3 is 20.1 Å². The molecular weight excluding hydrogens is 454 g/mol. The highest BCUT2D eigenvalue weighted by molar-refractivity contribution is 8.03. The molecule has 176 valence electrons. The third-order valence-corrected chi connectivity index (χ3v) is 6.61. The summed E-state index contributed by atoms with van der Waals surface area (Å²) in [5, 5.41) is 15.7. The maximum absolute atomic E-state index is 12.9. The van der Waals surface area contributed by atoms with Gasteiger partial charge in [-0.15, -0.1) is 0 Å². The van der Waals surface area contributed by atoms with Gasteiger partial charge in [-0.3, -0.25) is 14.4 Å². The Morgan fingerprint density at radius 1 is 1.15 bits per heavy atom. The Morgan fingerprint density at radius 2 is 1.88 bits per heavy atom. The van der Waals surface area contributed by atoms with Crippen LogP contribution in [-0.4, -0.2) is 37.8 Å². The molecule has 1 heterocycles. The van der Waals surface area contributed by atoms with Crippen molar-refractivity contribution in [2.45, 2.75) is 19.8 Å². The van der Waals surface area contributed by atoms with Gasteiger partial charge in [0.05, 0.1) is 36.6 Å². The zero-order valence-corrected chi connectivity index (χ0v) is 20.1. The van der Waals surface area contributed by atoms with Crippen LogP contribution in [0.2, 0.25) is 0 Å². The fourth-order valence-electron chi connectivity index (χ4n) is 3.73. The molecule has 9 heteroatoms. The Hall–Kier alpha value is -3.77. The lowest BCUT2D eigenvalue weighted by atomic mass is 9.78. The molecule has 0 saturated carbocycles. The minimum atomic E-state index is -1.27. The van der Waals surface area contributed by atoms with E-state index in [1.165, 1.54) is 14.2 Å². The van der Waals surface area contributed by atoms with Crippen molar-refractivity contribution >= 4 is 35.2 Å². The van der Waals surface area contributed by atoms with Crippen LogP contribution < -0.4 is 15.4 Å². The number of anilines is 1. The molecule has 0 radical (unpaired) electrons. The number of amides is 2. The second kappa shape index (κ2) is 10.9. The van der Waals surface area contributed by atoms with Crippen LogP contribution in [0.1, 0.15) is 22.6 Å². The molecule has 1 aliphatic rings. The van der Waals surface area contributed by atoms with Gasteiger partial charge in [-0.1, -0.05) is 36.0 Å². The minimum absolute atomic E-state index is 0.0464. The molecule has 0 fully saturated rings. The largest absolute Gasteiger partial charge is 0.496 e. The molecule has 0 aliphatic carbocycles. The number of thioether (sulfide) groups is 1. The Labute approximate surface area is 202 Å². The standard InChI is InChI=1S/C25H25N3O5S/c1-14-9-10-16(11-15(14)2)27-20(29)13-34-24-18(12-26)21(17-7-5-6-8-19(17)32-3)22(23(30)28-24)25(31)33-4/h5-11,21-22H,13H2,1-4H3,(H,27,29)(H,28,30)/t21-,22+/m1/s1. The molecule has 0 unspecified atom stereocenters. The second-order valence-electron chi connectivity index (χ2n) is 7.70. The van der Waals surface area contributed by atoms with Crippen LogP contribution in [0.3, 0.4) is 0 Å². The zero-order valence-electron chi connectivity index (χ0n) is 19.3. The maximum atomic E-state index is 12.9. The average molecular weight is 480 g/mol. The predicted molar refractivity (Wildman–Crippen MR) is 129 cm³/mol. The summed E-state index contributed by atoms with van der Waals surface area (Å²) < 4.78 is 10.3. The second-order valence-corrected chi connectivity index (χ2v) is 8.69. The monoisotopic (exact) mass is 479 g/mol. The number of nitrogens with one attached hydrogen (secondary N) is 2. The van der Waals surface area contributed by atoms with Crippen LogP contribution in [0.5, 0.6) is 5.75 Å². The number of hydrogen-bond donors (Lipinski definition) is 2. The number of aryl methyl sites for hydroxylation is 2. The van der Waals surface area contributed by atoms with E-state index >= 15 is 0 Å². The minimum Gasteiger partial charge on any atom is -0.496 e. The van der Waals surface area contributed by atoms with Crippen LogP contribution in [0.25, 0.3) is 0 Å². The van der Waals surface area contributed by atoms with E-state index in [2.05, 4.69) is 16.7 Å². The maximum Gasteiger partial charge on any atom is 0.319 e. The van der Waals surface area contributed by atoms with E-state index in [9.17, 15) is 19.6 Å².